The molecule has 0 saturated carbocycles. The number of sulfonamides is 1. The first-order chi connectivity index (χ1) is 20.6. The number of benzene rings is 2. The molecule has 2 aromatic carbocycles. The van der Waals surface area contributed by atoms with Crippen LogP contribution < -0.4 is 14.5 Å². The van der Waals surface area contributed by atoms with Crippen LogP contribution in [0.1, 0.15) is 24.0 Å². The second-order valence-electron chi connectivity index (χ2n) is 10.1. The van der Waals surface area contributed by atoms with Gasteiger partial charge in [0, 0.05) is 39.1 Å². The first-order valence-corrected chi connectivity index (χ1v) is 14.4. The van der Waals surface area contributed by atoms with E-state index in [0.717, 1.165) is 16.7 Å². The molecule has 0 spiro atoms. The quantitative estimate of drug-likeness (QED) is 0.327. The molecule has 0 radical (unpaired) electrons. The average Bonchev–Trinajstić information content (AvgIpc) is 2.94. The number of carbonyl (C=O) groups is 1. The van der Waals surface area contributed by atoms with Crippen molar-refractivity contribution >= 4 is 38.7 Å². The van der Waals surface area contributed by atoms with Crippen LogP contribution in [0.4, 0.5) is 51.3 Å². The summed E-state index contributed by atoms with van der Waals surface area (Å²) in [4.78, 5) is 21.0. The van der Waals surface area contributed by atoms with Gasteiger partial charge < -0.3 is 14.9 Å². The number of fused-ring (bicyclic) bond motifs is 1. The molecular formula is C26H26F9N5O4S. The number of aromatic nitrogens is 2. The summed E-state index contributed by atoms with van der Waals surface area (Å²) in [5.41, 5.74) is -2.60. The number of aliphatic carboxylic acids is 1. The average molecular weight is 676 g/mol. The molecule has 2 heterocycles. The smallest absolute Gasteiger partial charge is 0.475 e. The molecule has 2 N–H and O–H groups in total. The minimum absolute atomic E-state index is 0.106. The molecule has 1 aliphatic rings. The number of hydrogen-bond acceptors (Lipinski definition) is 7. The van der Waals surface area contributed by atoms with Gasteiger partial charge in [0.05, 0.1) is 21.5 Å². The summed E-state index contributed by atoms with van der Waals surface area (Å²) in [7, 11) is -0.876. The molecule has 1 aliphatic heterocycles. The summed E-state index contributed by atoms with van der Waals surface area (Å²) in [6, 6.07) is 7.89. The van der Waals surface area contributed by atoms with Crippen molar-refractivity contribution in [2.45, 2.75) is 36.3 Å². The highest BCUT2D eigenvalue weighted by molar-refractivity contribution is 7.89. The van der Waals surface area contributed by atoms with E-state index in [2.05, 4.69) is 14.7 Å². The summed E-state index contributed by atoms with van der Waals surface area (Å²) < 4.78 is 138. The predicted molar refractivity (Wildman–Crippen MR) is 144 cm³/mol. The predicted octanol–water partition coefficient (Wildman–Crippen LogP) is 5.56. The molecule has 45 heavy (non-hydrogen) atoms. The van der Waals surface area contributed by atoms with E-state index >= 15 is 0 Å². The molecule has 0 atom stereocenters. The molecular weight excluding hydrogens is 649 g/mol. The SMILES string of the molecule is CN(C)c1nc(N2CCC(CNS(=O)(=O)c3cc(C(F)(F)F)cc(C(F)(F)F)c3)CC2)nc2ccccc12.O=C(O)C(F)(F)F. The van der Waals surface area contributed by atoms with Crippen molar-refractivity contribution in [1.29, 1.82) is 0 Å². The standard InChI is InChI=1S/C24H25F6N5O2S.C2HF3O2/c1-34(2)21-19-5-3-4-6-20(19)32-22(33-21)35-9-7-15(8-10-35)14-31-38(36,37)18-12-16(23(25,26)27)11-17(13-18)24(28,29)30;3-2(4,5)1(6)7/h3-6,11-13,15,31H,7-10,14H2,1-2H3;(H,6,7). The zero-order valence-corrected chi connectivity index (χ0v) is 24.2. The third kappa shape index (κ3) is 9.32. The minimum atomic E-state index is -5.14. The van der Waals surface area contributed by atoms with Crippen LogP contribution in [0.5, 0.6) is 0 Å². The fourth-order valence-electron chi connectivity index (χ4n) is 4.26. The van der Waals surface area contributed by atoms with Gasteiger partial charge in [-0.1, -0.05) is 12.1 Å². The summed E-state index contributed by atoms with van der Waals surface area (Å²) in [6.45, 7) is 0.869. The molecule has 0 bridgehead atoms. The highest BCUT2D eigenvalue weighted by atomic mass is 32.2. The van der Waals surface area contributed by atoms with Crippen molar-refractivity contribution in [1.82, 2.24) is 14.7 Å². The van der Waals surface area contributed by atoms with Crippen LogP contribution in [-0.2, 0) is 27.2 Å². The van der Waals surface area contributed by atoms with E-state index in [4.69, 9.17) is 9.90 Å². The van der Waals surface area contributed by atoms with E-state index in [-0.39, 0.29) is 30.7 Å². The zero-order valence-electron chi connectivity index (χ0n) is 23.4. The van der Waals surface area contributed by atoms with Gasteiger partial charge in [0.2, 0.25) is 16.0 Å². The Bertz CT molecular complexity index is 1590. The van der Waals surface area contributed by atoms with E-state index in [9.17, 15) is 47.9 Å². The van der Waals surface area contributed by atoms with Gasteiger partial charge in [0.25, 0.3) is 0 Å². The highest BCUT2D eigenvalue weighted by Gasteiger charge is 2.39. The number of carboxylic acid groups (broad SMARTS) is 1. The Morgan fingerprint density at radius 1 is 0.933 bits per heavy atom. The van der Waals surface area contributed by atoms with Crippen LogP contribution in [0.2, 0.25) is 0 Å². The van der Waals surface area contributed by atoms with Crippen molar-refractivity contribution in [3.8, 4) is 0 Å². The summed E-state index contributed by atoms with van der Waals surface area (Å²) >= 11 is 0. The Hall–Kier alpha value is -3.87. The highest BCUT2D eigenvalue weighted by Crippen LogP contribution is 2.37. The van der Waals surface area contributed by atoms with E-state index in [0.29, 0.717) is 31.9 Å². The van der Waals surface area contributed by atoms with Gasteiger partial charge >= 0.3 is 24.5 Å². The number of nitrogens with one attached hydrogen (secondary N) is 1. The fraction of sp³-hybridized carbons (Fsp3) is 0.423. The van der Waals surface area contributed by atoms with Crippen molar-refractivity contribution < 1.29 is 57.8 Å². The molecule has 1 saturated heterocycles. The van der Waals surface area contributed by atoms with Crippen LogP contribution in [0.15, 0.2) is 47.4 Å². The van der Waals surface area contributed by atoms with Crippen LogP contribution >= 0.6 is 0 Å². The minimum Gasteiger partial charge on any atom is -0.475 e. The summed E-state index contributed by atoms with van der Waals surface area (Å²) in [5.74, 6) is -1.66. The zero-order chi connectivity index (χ0) is 34.0. The first kappa shape index (κ1) is 35.6. The topological polar surface area (TPSA) is 116 Å². The molecule has 0 unspecified atom stereocenters. The van der Waals surface area contributed by atoms with Crippen molar-refractivity contribution in [3.05, 3.63) is 53.6 Å². The van der Waals surface area contributed by atoms with E-state index in [1.54, 1.807) is 0 Å². The van der Waals surface area contributed by atoms with E-state index < -0.39 is 50.5 Å². The number of para-hydroxylation sites is 1. The van der Waals surface area contributed by atoms with Gasteiger partial charge in [-0.25, -0.2) is 22.9 Å². The molecule has 0 aliphatic carbocycles. The van der Waals surface area contributed by atoms with Crippen molar-refractivity contribution in [2.75, 3.05) is 43.5 Å². The maximum atomic E-state index is 13.1. The fourth-order valence-corrected chi connectivity index (χ4v) is 5.45. The number of alkyl halides is 9. The number of hydrogen-bond donors (Lipinski definition) is 2. The Labute approximate surface area is 250 Å². The molecule has 3 aromatic rings. The lowest BCUT2D eigenvalue weighted by Crippen LogP contribution is -2.39. The Morgan fingerprint density at radius 2 is 1.44 bits per heavy atom. The van der Waals surface area contributed by atoms with Crippen molar-refractivity contribution in [3.63, 3.8) is 0 Å². The number of rotatable bonds is 6. The molecule has 9 nitrogen and oxygen atoms in total. The van der Waals surface area contributed by atoms with Gasteiger partial charge in [-0.3, -0.25) is 0 Å². The lowest BCUT2D eigenvalue weighted by Gasteiger charge is -2.32. The number of halogens is 9. The summed E-state index contributed by atoms with van der Waals surface area (Å²) in [6.07, 6.45) is -14.3. The molecule has 1 aromatic heterocycles. The monoisotopic (exact) mass is 675 g/mol. The van der Waals surface area contributed by atoms with E-state index in [1.165, 1.54) is 0 Å². The lowest BCUT2D eigenvalue weighted by molar-refractivity contribution is -0.192. The molecule has 19 heteroatoms. The molecule has 4 rings (SSSR count). The second-order valence-corrected chi connectivity index (χ2v) is 11.9. The largest absolute Gasteiger partial charge is 0.490 e. The van der Waals surface area contributed by atoms with Crippen LogP contribution in [-0.4, -0.2) is 69.4 Å². The third-order valence-electron chi connectivity index (χ3n) is 6.57. The number of anilines is 2. The number of nitrogens with zero attached hydrogens (tertiary/aromatic N) is 4. The molecule has 248 valence electrons. The Kier molecular flexibility index (Phi) is 10.5. The maximum absolute atomic E-state index is 13.1. The first-order valence-electron chi connectivity index (χ1n) is 12.9. The van der Waals surface area contributed by atoms with Gasteiger partial charge in [-0.2, -0.15) is 44.5 Å². The normalized spacial score (nSPS) is 15.0. The van der Waals surface area contributed by atoms with Gasteiger partial charge in [0.15, 0.2) is 0 Å². The van der Waals surface area contributed by atoms with Crippen LogP contribution in [0, 0.1) is 5.92 Å². The Balaban J connectivity index is 0.000000707. The summed E-state index contributed by atoms with van der Waals surface area (Å²) in [5, 5.41) is 8.02. The second kappa shape index (κ2) is 13.2. The van der Waals surface area contributed by atoms with Crippen LogP contribution in [0.25, 0.3) is 10.9 Å². The lowest BCUT2D eigenvalue weighted by atomic mass is 9.97. The molecule has 1 fully saturated rings. The maximum Gasteiger partial charge on any atom is 0.490 e. The van der Waals surface area contributed by atoms with Gasteiger partial charge in [0.1, 0.15) is 5.82 Å². The molecule has 0 amide bonds. The number of carboxylic acids is 1. The van der Waals surface area contributed by atoms with Gasteiger partial charge in [-0.15, -0.1) is 0 Å². The number of piperidine rings is 1. The van der Waals surface area contributed by atoms with Crippen molar-refractivity contribution in [2.24, 2.45) is 5.92 Å². The third-order valence-corrected chi connectivity index (χ3v) is 7.97. The van der Waals surface area contributed by atoms with Crippen LogP contribution in [0.3, 0.4) is 0 Å². The van der Waals surface area contributed by atoms with Gasteiger partial charge in [-0.05, 0) is 49.1 Å². The van der Waals surface area contributed by atoms with E-state index in [1.807, 2.05) is 48.2 Å². The Morgan fingerprint density at radius 3 is 1.91 bits per heavy atom.